The highest BCUT2D eigenvalue weighted by molar-refractivity contribution is 6.51. The largest absolute Gasteiger partial charge is 0.507 e. The first-order chi connectivity index (χ1) is 14.4. The fourth-order valence-corrected chi connectivity index (χ4v) is 3.65. The van der Waals surface area contributed by atoms with Crippen molar-refractivity contribution >= 4 is 23.3 Å². The minimum Gasteiger partial charge on any atom is -0.507 e. The molecule has 0 aliphatic carbocycles. The zero-order valence-electron chi connectivity index (χ0n) is 17.0. The number of ketones is 1. The molecule has 1 atom stereocenters. The first-order valence-corrected chi connectivity index (χ1v) is 9.81. The molecule has 1 fully saturated rings. The third-order valence-electron chi connectivity index (χ3n) is 5.34. The number of Topliss-reactive ketones (excluding diaryl/α,β-unsaturated/α-hetero) is 1. The van der Waals surface area contributed by atoms with Crippen molar-refractivity contribution < 1.29 is 19.2 Å². The lowest BCUT2D eigenvalue weighted by molar-refractivity contribution is -0.132. The van der Waals surface area contributed by atoms with E-state index in [2.05, 4.69) is 12.1 Å². The lowest BCUT2D eigenvalue weighted by Gasteiger charge is -2.23. The summed E-state index contributed by atoms with van der Waals surface area (Å²) in [4.78, 5) is 27.3. The van der Waals surface area contributed by atoms with Crippen LogP contribution in [0.3, 0.4) is 0 Å². The average Bonchev–Trinajstić information content (AvgIpc) is 3.29. The fraction of sp³-hybridized carbons (Fsp3) is 0.208. The minimum absolute atomic E-state index is 0.0359. The minimum atomic E-state index is -0.804. The molecule has 0 saturated carbocycles. The second-order valence-electron chi connectivity index (χ2n) is 7.43. The van der Waals surface area contributed by atoms with Crippen LogP contribution in [0.25, 0.3) is 5.76 Å². The summed E-state index contributed by atoms with van der Waals surface area (Å²) < 4.78 is 5.14. The smallest absolute Gasteiger partial charge is 0.301 e. The van der Waals surface area contributed by atoms with Gasteiger partial charge in [0.2, 0.25) is 0 Å². The normalized spacial score (nSPS) is 18.2. The zero-order chi connectivity index (χ0) is 21.4. The standard InChI is InChI=1S/C24H22N2O4/c1-4-16-7-11-17(12-8-16)21-20(22(27)18-9-5-14(2)6-10-18)23(28)24(29)26(21)19-13-15(3)30-25-19/h5-13,21,27H,4H2,1-3H3/t21-/m0/s1. The number of aromatic nitrogens is 1. The van der Waals surface area contributed by atoms with E-state index in [-0.39, 0.29) is 17.2 Å². The highest BCUT2D eigenvalue weighted by Gasteiger charge is 2.48. The maximum absolute atomic E-state index is 13.0. The first-order valence-electron chi connectivity index (χ1n) is 9.81. The molecule has 1 aliphatic rings. The van der Waals surface area contributed by atoms with Crippen molar-refractivity contribution in [2.75, 3.05) is 4.90 Å². The maximum Gasteiger partial charge on any atom is 0.301 e. The molecule has 0 unspecified atom stereocenters. The molecule has 0 radical (unpaired) electrons. The molecule has 1 amide bonds. The van der Waals surface area contributed by atoms with E-state index in [0.29, 0.717) is 16.9 Å². The van der Waals surface area contributed by atoms with Gasteiger partial charge in [0.15, 0.2) is 5.82 Å². The molecule has 1 aliphatic heterocycles. The molecule has 1 aromatic heterocycles. The van der Waals surface area contributed by atoms with E-state index < -0.39 is 17.7 Å². The Morgan fingerprint density at radius 2 is 1.73 bits per heavy atom. The van der Waals surface area contributed by atoms with Gasteiger partial charge in [-0.25, -0.2) is 0 Å². The van der Waals surface area contributed by atoms with Crippen molar-refractivity contribution in [3.63, 3.8) is 0 Å². The Morgan fingerprint density at radius 1 is 1.07 bits per heavy atom. The number of carbonyl (C=O) groups is 2. The van der Waals surface area contributed by atoms with Crippen molar-refractivity contribution in [2.45, 2.75) is 33.2 Å². The quantitative estimate of drug-likeness (QED) is 0.395. The lowest BCUT2D eigenvalue weighted by Crippen LogP contribution is -2.29. The van der Waals surface area contributed by atoms with Crippen LogP contribution in [0.15, 0.2) is 64.7 Å². The molecular weight excluding hydrogens is 380 g/mol. The molecule has 3 aromatic rings. The van der Waals surface area contributed by atoms with Crippen LogP contribution in [0, 0.1) is 13.8 Å². The van der Waals surface area contributed by atoms with E-state index >= 15 is 0 Å². The summed E-state index contributed by atoms with van der Waals surface area (Å²) in [7, 11) is 0. The van der Waals surface area contributed by atoms with Gasteiger partial charge in [0.1, 0.15) is 11.5 Å². The number of aliphatic hydroxyl groups is 1. The Kier molecular flexibility index (Phi) is 4.99. The van der Waals surface area contributed by atoms with E-state index in [0.717, 1.165) is 17.5 Å². The number of hydrogen-bond acceptors (Lipinski definition) is 5. The molecular formula is C24H22N2O4. The average molecular weight is 402 g/mol. The van der Waals surface area contributed by atoms with Gasteiger partial charge in [-0.2, -0.15) is 0 Å². The number of benzene rings is 2. The molecule has 1 N–H and O–H groups in total. The lowest BCUT2D eigenvalue weighted by atomic mass is 9.94. The molecule has 0 spiro atoms. The second kappa shape index (κ2) is 7.63. The summed E-state index contributed by atoms with van der Waals surface area (Å²) in [5, 5.41) is 15.0. The number of aryl methyl sites for hydroxylation is 3. The van der Waals surface area contributed by atoms with Gasteiger partial charge in [-0.05, 0) is 31.4 Å². The highest BCUT2D eigenvalue weighted by atomic mass is 16.5. The third-order valence-corrected chi connectivity index (χ3v) is 5.34. The van der Waals surface area contributed by atoms with Crippen LogP contribution in [0.1, 0.15) is 41.0 Å². The van der Waals surface area contributed by atoms with Crippen LogP contribution in [0.5, 0.6) is 0 Å². The SMILES string of the molecule is CCc1ccc([C@H]2C(=C(O)c3ccc(C)cc3)C(=O)C(=O)N2c2cc(C)on2)cc1. The molecule has 30 heavy (non-hydrogen) atoms. The molecule has 6 heteroatoms. The maximum atomic E-state index is 13.0. The van der Waals surface area contributed by atoms with E-state index in [1.54, 1.807) is 25.1 Å². The summed E-state index contributed by atoms with van der Waals surface area (Å²) in [6.45, 7) is 5.70. The van der Waals surface area contributed by atoms with Gasteiger partial charge in [0.25, 0.3) is 5.78 Å². The molecule has 152 valence electrons. The number of aliphatic hydroxyl groups excluding tert-OH is 1. The Bertz CT molecular complexity index is 1140. The van der Waals surface area contributed by atoms with Gasteiger partial charge in [0.05, 0.1) is 11.6 Å². The van der Waals surface area contributed by atoms with Gasteiger partial charge in [0, 0.05) is 11.6 Å². The molecule has 0 bridgehead atoms. The highest BCUT2D eigenvalue weighted by Crippen LogP contribution is 2.41. The van der Waals surface area contributed by atoms with E-state index in [1.807, 2.05) is 43.3 Å². The monoisotopic (exact) mass is 402 g/mol. The Morgan fingerprint density at radius 3 is 2.30 bits per heavy atom. The van der Waals surface area contributed by atoms with E-state index in [4.69, 9.17) is 4.52 Å². The topological polar surface area (TPSA) is 83.6 Å². The van der Waals surface area contributed by atoms with Gasteiger partial charge in [-0.3, -0.25) is 14.5 Å². The summed E-state index contributed by atoms with van der Waals surface area (Å²) in [6, 6.07) is 15.6. The van der Waals surface area contributed by atoms with Crippen molar-refractivity contribution in [3.05, 3.63) is 88.2 Å². The van der Waals surface area contributed by atoms with Crippen LogP contribution in [-0.2, 0) is 16.0 Å². The number of hydrogen-bond donors (Lipinski definition) is 1. The number of amides is 1. The van der Waals surface area contributed by atoms with Crippen LogP contribution in [-0.4, -0.2) is 22.0 Å². The zero-order valence-corrected chi connectivity index (χ0v) is 17.0. The van der Waals surface area contributed by atoms with Crippen LogP contribution < -0.4 is 4.90 Å². The predicted molar refractivity (Wildman–Crippen MR) is 113 cm³/mol. The molecule has 1 saturated heterocycles. The van der Waals surface area contributed by atoms with Crippen molar-refractivity contribution in [1.29, 1.82) is 0 Å². The number of carbonyl (C=O) groups excluding carboxylic acids is 2. The Labute approximate surface area is 174 Å². The number of anilines is 1. The van der Waals surface area contributed by atoms with Gasteiger partial charge >= 0.3 is 5.91 Å². The Hall–Kier alpha value is -3.67. The number of rotatable bonds is 4. The summed E-state index contributed by atoms with van der Waals surface area (Å²) in [5.74, 6) is -0.951. The summed E-state index contributed by atoms with van der Waals surface area (Å²) in [6.07, 6.45) is 0.867. The van der Waals surface area contributed by atoms with Crippen molar-refractivity contribution in [1.82, 2.24) is 5.16 Å². The predicted octanol–water partition coefficient (Wildman–Crippen LogP) is 4.48. The van der Waals surface area contributed by atoms with Crippen molar-refractivity contribution in [2.24, 2.45) is 0 Å². The second-order valence-corrected chi connectivity index (χ2v) is 7.43. The van der Waals surface area contributed by atoms with Crippen LogP contribution in [0.4, 0.5) is 5.82 Å². The third kappa shape index (κ3) is 3.30. The fourth-order valence-electron chi connectivity index (χ4n) is 3.65. The van der Waals surface area contributed by atoms with Gasteiger partial charge in [-0.1, -0.05) is 66.2 Å². The first kappa shape index (κ1) is 19.6. The van der Waals surface area contributed by atoms with Crippen molar-refractivity contribution in [3.8, 4) is 0 Å². The molecule has 2 aromatic carbocycles. The Balaban J connectivity index is 1.92. The summed E-state index contributed by atoms with van der Waals surface area (Å²) >= 11 is 0. The van der Waals surface area contributed by atoms with Gasteiger partial charge in [-0.15, -0.1) is 0 Å². The summed E-state index contributed by atoms with van der Waals surface area (Å²) in [5.41, 5.74) is 3.38. The van der Waals surface area contributed by atoms with E-state index in [1.165, 1.54) is 4.90 Å². The molecule has 4 rings (SSSR count). The molecule has 2 heterocycles. The molecule has 6 nitrogen and oxygen atoms in total. The van der Waals surface area contributed by atoms with Gasteiger partial charge < -0.3 is 9.63 Å². The van der Waals surface area contributed by atoms with Crippen LogP contribution >= 0.6 is 0 Å². The van der Waals surface area contributed by atoms with Crippen LogP contribution in [0.2, 0.25) is 0 Å². The number of nitrogens with zero attached hydrogens (tertiary/aromatic N) is 2. The van der Waals surface area contributed by atoms with E-state index in [9.17, 15) is 14.7 Å².